The van der Waals surface area contributed by atoms with Crippen molar-refractivity contribution in [2.75, 3.05) is 0 Å². The second kappa shape index (κ2) is 6.59. The van der Waals surface area contributed by atoms with E-state index in [4.69, 9.17) is 0 Å². The smallest absolute Gasteiger partial charge is 0.309 e. The number of carbonyl (C=O) groups excluding carboxylic acids is 1. The van der Waals surface area contributed by atoms with E-state index in [1.807, 2.05) is 19.9 Å². The third-order valence-electron chi connectivity index (χ3n) is 3.72. The zero-order valence-electron chi connectivity index (χ0n) is 13.6. The van der Waals surface area contributed by atoms with E-state index >= 15 is 0 Å². The summed E-state index contributed by atoms with van der Waals surface area (Å²) in [5.41, 5.74) is 1.09. The van der Waals surface area contributed by atoms with Crippen molar-refractivity contribution >= 4 is 11.6 Å². The third kappa shape index (κ3) is 3.38. The lowest BCUT2D eigenvalue weighted by Gasteiger charge is -2.18. The molecule has 1 N–H and O–H groups in total. The van der Waals surface area contributed by atoms with E-state index in [0.29, 0.717) is 6.54 Å². The maximum absolute atomic E-state index is 12.4. The number of nitro groups is 1. The van der Waals surface area contributed by atoms with Gasteiger partial charge in [-0.3, -0.25) is 24.3 Å². The minimum Gasteiger partial charge on any atom is -0.346 e. The highest BCUT2D eigenvalue weighted by atomic mass is 16.6. The standard InChI is InChI=1S/C14H20N6O3/c1-5-18-12(6-7-15-18)9(2)16-14(21)11(4)19-8-13(20(22)23)10(3)17-19/h6-9,11H,5H2,1-4H3,(H,16,21). The Bertz CT molecular complexity index is 720. The maximum Gasteiger partial charge on any atom is 0.309 e. The number of nitrogens with zero attached hydrogens (tertiary/aromatic N) is 5. The van der Waals surface area contributed by atoms with Crippen molar-refractivity contribution in [2.45, 2.75) is 46.3 Å². The molecular formula is C14H20N6O3. The van der Waals surface area contributed by atoms with Crippen LogP contribution in [0.15, 0.2) is 18.5 Å². The van der Waals surface area contributed by atoms with Crippen LogP contribution in [0.5, 0.6) is 0 Å². The molecule has 0 saturated carbocycles. The average molecular weight is 320 g/mol. The van der Waals surface area contributed by atoms with Crippen LogP contribution in [-0.4, -0.2) is 30.4 Å². The van der Waals surface area contributed by atoms with Crippen LogP contribution in [0.1, 0.15) is 44.2 Å². The largest absolute Gasteiger partial charge is 0.346 e. The lowest BCUT2D eigenvalue weighted by Crippen LogP contribution is -2.34. The summed E-state index contributed by atoms with van der Waals surface area (Å²) in [7, 11) is 0. The molecule has 0 saturated heterocycles. The number of hydrogen-bond donors (Lipinski definition) is 1. The van der Waals surface area contributed by atoms with Gasteiger partial charge in [0.05, 0.1) is 16.7 Å². The molecular weight excluding hydrogens is 300 g/mol. The topological polar surface area (TPSA) is 108 Å². The molecule has 9 nitrogen and oxygen atoms in total. The second-order valence-corrected chi connectivity index (χ2v) is 5.31. The minimum atomic E-state index is -0.650. The molecule has 0 aliphatic rings. The molecule has 0 aliphatic carbocycles. The Morgan fingerprint density at radius 1 is 1.48 bits per heavy atom. The van der Waals surface area contributed by atoms with Crippen LogP contribution in [0, 0.1) is 17.0 Å². The van der Waals surface area contributed by atoms with Gasteiger partial charge < -0.3 is 5.32 Å². The van der Waals surface area contributed by atoms with Crippen LogP contribution in [0.3, 0.4) is 0 Å². The van der Waals surface area contributed by atoms with Crippen LogP contribution in [0.25, 0.3) is 0 Å². The van der Waals surface area contributed by atoms with E-state index in [0.717, 1.165) is 5.69 Å². The van der Waals surface area contributed by atoms with Crippen molar-refractivity contribution in [1.82, 2.24) is 24.9 Å². The number of hydrogen-bond acceptors (Lipinski definition) is 5. The molecule has 0 aromatic carbocycles. The molecule has 2 atom stereocenters. The first-order valence-electron chi connectivity index (χ1n) is 7.37. The molecule has 9 heteroatoms. The number of nitrogens with one attached hydrogen (secondary N) is 1. The monoisotopic (exact) mass is 320 g/mol. The van der Waals surface area contributed by atoms with Crippen molar-refractivity contribution in [3.8, 4) is 0 Å². The normalized spacial score (nSPS) is 13.6. The molecule has 23 heavy (non-hydrogen) atoms. The molecule has 2 aromatic rings. The van der Waals surface area contributed by atoms with Gasteiger partial charge in [-0.05, 0) is 33.8 Å². The van der Waals surface area contributed by atoms with Gasteiger partial charge in [0, 0.05) is 12.7 Å². The fourth-order valence-electron chi connectivity index (χ4n) is 2.35. The molecule has 0 spiro atoms. The average Bonchev–Trinajstić information content (AvgIpc) is 3.12. The maximum atomic E-state index is 12.4. The number of rotatable bonds is 6. The van der Waals surface area contributed by atoms with Crippen molar-refractivity contribution in [3.63, 3.8) is 0 Å². The van der Waals surface area contributed by atoms with Gasteiger partial charge in [0.2, 0.25) is 5.91 Å². The van der Waals surface area contributed by atoms with E-state index in [1.165, 1.54) is 10.9 Å². The minimum absolute atomic E-state index is 0.0956. The van der Waals surface area contributed by atoms with E-state index in [9.17, 15) is 14.9 Å². The van der Waals surface area contributed by atoms with Crippen molar-refractivity contribution in [3.05, 3.63) is 40.0 Å². The predicted octanol–water partition coefficient (Wildman–Crippen LogP) is 1.75. The van der Waals surface area contributed by atoms with Gasteiger partial charge >= 0.3 is 5.69 Å². The Morgan fingerprint density at radius 2 is 2.17 bits per heavy atom. The second-order valence-electron chi connectivity index (χ2n) is 5.31. The summed E-state index contributed by atoms with van der Waals surface area (Å²) in [4.78, 5) is 22.7. The highest BCUT2D eigenvalue weighted by Crippen LogP contribution is 2.19. The van der Waals surface area contributed by atoms with Gasteiger partial charge in [0.1, 0.15) is 17.9 Å². The molecule has 2 rings (SSSR count). The quantitative estimate of drug-likeness (QED) is 0.644. The Balaban J connectivity index is 2.11. The lowest BCUT2D eigenvalue weighted by molar-refractivity contribution is -0.385. The molecule has 1 amide bonds. The van der Waals surface area contributed by atoms with Crippen LogP contribution in [-0.2, 0) is 11.3 Å². The van der Waals surface area contributed by atoms with E-state index in [-0.39, 0.29) is 23.3 Å². The summed E-state index contributed by atoms with van der Waals surface area (Å²) >= 11 is 0. The highest BCUT2D eigenvalue weighted by molar-refractivity contribution is 5.80. The van der Waals surface area contributed by atoms with Gasteiger partial charge in [0.25, 0.3) is 0 Å². The SMILES string of the molecule is CCn1nccc1C(C)NC(=O)C(C)n1cc([N+](=O)[O-])c(C)n1. The Hall–Kier alpha value is -2.71. The van der Waals surface area contributed by atoms with E-state index < -0.39 is 11.0 Å². The van der Waals surface area contributed by atoms with Crippen LogP contribution in [0.4, 0.5) is 5.69 Å². The Labute approximate surface area is 133 Å². The van der Waals surface area contributed by atoms with E-state index in [1.54, 1.807) is 24.7 Å². The summed E-state index contributed by atoms with van der Waals surface area (Å²) < 4.78 is 3.12. The van der Waals surface area contributed by atoms with Crippen LogP contribution >= 0.6 is 0 Å². The van der Waals surface area contributed by atoms with Crippen molar-refractivity contribution in [1.29, 1.82) is 0 Å². The summed E-state index contributed by atoms with van der Waals surface area (Å²) in [5.74, 6) is -0.265. The number of carbonyl (C=O) groups is 1. The first-order valence-corrected chi connectivity index (χ1v) is 7.37. The van der Waals surface area contributed by atoms with Crippen molar-refractivity contribution < 1.29 is 9.72 Å². The molecule has 2 aromatic heterocycles. The fourth-order valence-corrected chi connectivity index (χ4v) is 2.35. The third-order valence-corrected chi connectivity index (χ3v) is 3.72. The number of amides is 1. The summed E-state index contributed by atoms with van der Waals surface area (Å²) in [6.07, 6.45) is 2.96. The molecule has 0 radical (unpaired) electrons. The van der Waals surface area contributed by atoms with Gasteiger partial charge in [-0.15, -0.1) is 0 Å². The first-order chi connectivity index (χ1) is 10.8. The molecule has 2 unspecified atom stereocenters. The Morgan fingerprint density at radius 3 is 2.74 bits per heavy atom. The molecule has 0 fully saturated rings. The van der Waals surface area contributed by atoms with Crippen molar-refractivity contribution in [2.24, 2.45) is 0 Å². The van der Waals surface area contributed by atoms with Gasteiger partial charge in [-0.2, -0.15) is 10.2 Å². The summed E-state index contributed by atoms with van der Waals surface area (Å²) in [6.45, 7) is 7.74. The van der Waals surface area contributed by atoms with Crippen LogP contribution in [0.2, 0.25) is 0 Å². The Kier molecular flexibility index (Phi) is 4.77. The van der Waals surface area contributed by atoms with Gasteiger partial charge in [-0.1, -0.05) is 0 Å². The van der Waals surface area contributed by atoms with Crippen LogP contribution < -0.4 is 5.32 Å². The number of aromatic nitrogens is 4. The van der Waals surface area contributed by atoms with Gasteiger partial charge in [0.15, 0.2) is 0 Å². The summed E-state index contributed by atoms with van der Waals surface area (Å²) in [6, 6.07) is 0.976. The summed E-state index contributed by atoms with van der Waals surface area (Å²) in [5, 5.41) is 22.0. The lowest BCUT2D eigenvalue weighted by atomic mass is 10.2. The highest BCUT2D eigenvalue weighted by Gasteiger charge is 2.23. The molecule has 0 aliphatic heterocycles. The van der Waals surface area contributed by atoms with E-state index in [2.05, 4.69) is 15.5 Å². The fraction of sp³-hybridized carbons (Fsp3) is 0.500. The van der Waals surface area contributed by atoms with Gasteiger partial charge in [-0.25, -0.2) is 0 Å². The zero-order chi connectivity index (χ0) is 17.1. The first kappa shape index (κ1) is 16.7. The molecule has 2 heterocycles. The zero-order valence-corrected chi connectivity index (χ0v) is 13.6. The molecule has 124 valence electrons. The predicted molar refractivity (Wildman–Crippen MR) is 82.8 cm³/mol. The number of aryl methyl sites for hydroxylation is 2. The molecule has 0 bridgehead atoms.